The first kappa shape index (κ1) is 15.7. The fraction of sp³-hybridized carbons (Fsp3) is 0.0625. The highest BCUT2D eigenvalue weighted by Gasteiger charge is 2.30. The number of pyridine rings is 1. The van der Waals surface area contributed by atoms with Crippen LogP contribution in [0.2, 0.25) is 0 Å². The predicted octanol–water partition coefficient (Wildman–Crippen LogP) is 3.65. The maximum absolute atomic E-state index is 12.8. The van der Waals surface area contributed by atoms with Gasteiger partial charge in [-0.1, -0.05) is 6.07 Å². The molecule has 0 atom stereocenters. The Labute approximate surface area is 134 Å². The average Bonchev–Trinajstić information content (AvgIpc) is 3.01. The zero-order valence-corrected chi connectivity index (χ0v) is 12.0. The van der Waals surface area contributed by atoms with E-state index in [-0.39, 0.29) is 16.9 Å². The minimum atomic E-state index is -4.49. The predicted molar refractivity (Wildman–Crippen MR) is 78.8 cm³/mol. The molecule has 2 heterocycles. The molecule has 0 aliphatic heterocycles. The summed E-state index contributed by atoms with van der Waals surface area (Å²) in [5, 5.41) is 13.5. The van der Waals surface area contributed by atoms with E-state index in [0.717, 1.165) is 16.8 Å². The van der Waals surface area contributed by atoms with Crippen molar-refractivity contribution in [3.8, 4) is 16.9 Å². The number of carbonyl (C=O) groups is 1. The third-order valence-corrected chi connectivity index (χ3v) is 3.34. The summed E-state index contributed by atoms with van der Waals surface area (Å²) >= 11 is 0. The zero-order chi connectivity index (χ0) is 17.3. The number of rotatable bonds is 3. The highest BCUT2D eigenvalue weighted by atomic mass is 19.4. The van der Waals surface area contributed by atoms with Crippen molar-refractivity contribution in [3.63, 3.8) is 0 Å². The molecule has 0 bridgehead atoms. The van der Waals surface area contributed by atoms with Gasteiger partial charge in [0.1, 0.15) is 11.3 Å². The number of carboxylic acid groups (broad SMARTS) is 1. The summed E-state index contributed by atoms with van der Waals surface area (Å²) in [4.78, 5) is 15.3. The van der Waals surface area contributed by atoms with Gasteiger partial charge in [0.05, 0.1) is 11.3 Å². The lowest BCUT2D eigenvalue weighted by Gasteiger charge is -2.08. The van der Waals surface area contributed by atoms with Gasteiger partial charge in [-0.25, -0.2) is 9.48 Å². The Morgan fingerprint density at radius 1 is 1.12 bits per heavy atom. The number of aromatic nitrogens is 3. The Morgan fingerprint density at radius 3 is 2.46 bits per heavy atom. The van der Waals surface area contributed by atoms with Gasteiger partial charge in [0.15, 0.2) is 0 Å². The van der Waals surface area contributed by atoms with E-state index < -0.39 is 17.7 Å². The minimum Gasteiger partial charge on any atom is -0.478 e. The van der Waals surface area contributed by atoms with Gasteiger partial charge >= 0.3 is 12.1 Å². The molecule has 1 N–H and O–H groups in total. The molecular weight excluding hydrogens is 323 g/mol. The quantitative estimate of drug-likeness (QED) is 0.794. The second-order valence-corrected chi connectivity index (χ2v) is 4.93. The topological polar surface area (TPSA) is 68.0 Å². The molecule has 8 heteroatoms. The maximum atomic E-state index is 12.8. The number of aromatic carboxylic acids is 1. The van der Waals surface area contributed by atoms with Crippen molar-refractivity contribution in [2.24, 2.45) is 0 Å². The molecule has 5 nitrogen and oxygen atoms in total. The van der Waals surface area contributed by atoms with Crippen LogP contribution >= 0.6 is 0 Å². The fourth-order valence-corrected chi connectivity index (χ4v) is 2.21. The number of carboxylic acids is 1. The van der Waals surface area contributed by atoms with Crippen LogP contribution in [0.1, 0.15) is 15.9 Å². The molecule has 0 amide bonds. The third-order valence-electron chi connectivity index (χ3n) is 3.34. The summed E-state index contributed by atoms with van der Waals surface area (Å²) < 4.78 is 39.6. The standard InChI is InChI=1S/C16H10F3N3O2/c17-16(18,19)11-2-1-3-12(8-11)22-9-13(15(23)24)14(21-22)10-4-6-20-7-5-10/h1-9H,(H,23,24). The largest absolute Gasteiger partial charge is 0.478 e. The molecule has 1 aromatic carbocycles. The van der Waals surface area contributed by atoms with Crippen LogP contribution in [0.15, 0.2) is 55.0 Å². The molecule has 3 aromatic rings. The molecule has 24 heavy (non-hydrogen) atoms. The first-order valence-electron chi connectivity index (χ1n) is 6.77. The summed E-state index contributed by atoms with van der Waals surface area (Å²) in [6.07, 6.45) is -0.352. The van der Waals surface area contributed by atoms with Crippen molar-refractivity contribution in [3.05, 3.63) is 66.1 Å². The Morgan fingerprint density at radius 2 is 1.83 bits per heavy atom. The first-order valence-corrected chi connectivity index (χ1v) is 6.77. The summed E-state index contributed by atoms with van der Waals surface area (Å²) in [5.41, 5.74) is -0.167. The highest BCUT2D eigenvalue weighted by Crippen LogP contribution is 2.31. The van der Waals surface area contributed by atoms with E-state index in [1.165, 1.54) is 30.7 Å². The van der Waals surface area contributed by atoms with Crippen LogP contribution in [0.25, 0.3) is 16.9 Å². The monoisotopic (exact) mass is 333 g/mol. The van der Waals surface area contributed by atoms with Gasteiger partial charge in [0.2, 0.25) is 0 Å². The van der Waals surface area contributed by atoms with Gasteiger partial charge in [-0.15, -0.1) is 0 Å². The lowest BCUT2D eigenvalue weighted by atomic mass is 10.1. The molecule has 2 aromatic heterocycles. The van der Waals surface area contributed by atoms with Crippen LogP contribution in [0.3, 0.4) is 0 Å². The van der Waals surface area contributed by atoms with Crippen molar-refractivity contribution in [2.75, 3.05) is 0 Å². The van der Waals surface area contributed by atoms with Crippen molar-refractivity contribution in [1.82, 2.24) is 14.8 Å². The summed E-state index contributed by atoms with van der Waals surface area (Å²) in [7, 11) is 0. The minimum absolute atomic E-state index is 0.112. The van der Waals surface area contributed by atoms with Crippen molar-refractivity contribution < 1.29 is 23.1 Å². The van der Waals surface area contributed by atoms with Crippen LogP contribution in [0, 0.1) is 0 Å². The van der Waals surface area contributed by atoms with Crippen LogP contribution < -0.4 is 0 Å². The van der Waals surface area contributed by atoms with Gasteiger partial charge in [0.25, 0.3) is 0 Å². The Balaban J connectivity index is 2.12. The lowest BCUT2D eigenvalue weighted by molar-refractivity contribution is -0.137. The van der Waals surface area contributed by atoms with Crippen molar-refractivity contribution in [1.29, 1.82) is 0 Å². The van der Waals surface area contributed by atoms with Gasteiger partial charge in [-0.2, -0.15) is 18.3 Å². The van der Waals surface area contributed by atoms with Gasteiger partial charge in [0, 0.05) is 24.2 Å². The van der Waals surface area contributed by atoms with E-state index in [9.17, 15) is 23.1 Å². The number of halogens is 3. The Hall–Kier alpha value is -3.16. The first-order chi connectivity index (χ1) is 11.4. The summed E-state index contributed by atoms with van der Waals surface area (Å²) in [6, 6.07) is 7.66. The molecule has 3 rings (SSSR count). The Bertz CT molecular complexity index is 889. The molecule has 122 valence electrons. The van der Waals surface area contributed by atoms with E-state index in [2.05, 4.69) is 10.1 Å². The second-order valence-electron chi connectivity index (χ2n) is 4.93. The molecule has 0 aliphatic carbocycles. The molecule has 0 fully saturated rings. The van der Waals surface area contributed by atoms with E-state index in [1.807, 2.05) is 0 Å². The average molecular weight is 333 g/mol. The number of alkyl halides is 3. The number of hydrogen-bond acceptors (Lipinski definition) is 3. The van der Waals surface area contributed by atoms with Gasteiger partial charge < -0.3 is 5.11 Å². The van der Waals surface area contributed by atoms with Crippen molar-refractivity contribution in [2.45, 2.75) is 6.18 Å². The summed E-state index contributed by atoms with van der Waals surface area (Å²) in [5.74, 6) is -1.22. The van der Waals surface area contributed by atoms with Crippen LogP contribution in [0.5, 0.6) is 0 Å². The molecule has 0 saturated carbocycles. The summed E-state index contributed by atoms with van der Waals surface area (Å²) in [6.45, 7) is 0. The zero-order valence-electron chi connectivity index (χ0n) is 12.0. The van der Waals surface area contributed by atoms with Crippen LogP contribution in [-0.4, -0.2) is 25.8 Å². The van der Waals surface area contributed by atoms with Crippen LogP contribution in [-0.2, 0) is 6.18 Å². The second kappa shape index (κ2) is 5.80. The SMILES string of the molecule is O=C(O)c1cn(-c2cccc(C(F)(F)F)c2)nc1-c1ccncc1. The molecule has 0 saturated heterocycles. The molecule has 0 unspecified atom stereocenters. The van der Waals surface area contributed by atoms with Crippen LogP contribution in [0.4, 0.5) is 13.2 Å². The third kappa shape index (κ3) is 2.98. The molecule has 0 radical (unpaired) electrons. The lowest BCUT2D eigenvalue weighted by Crippen LogP contribution is -2.06. The van der Waals surface area contributed by atoms with E-state index in [0.29, 0.717) is 5.56 Å². The Kier molecular flexibility index (Phi) is 3.80. The van der Waals surface area contributed by atoms with Gasteiger partial charge in [-0.3, -0.25) is 4.98 Å². The number of hydrogen-bond donors (Lipinski definition) is 1. The van der Waals surface area contributed by atoms with E-state index in [4.69, 9.17) is 0 Å². The number of benzene rings is 1. The normalized spacial score (nSPS) is 11.5. The fourth-order valence-electron chi connectivity index (χ4n) is 2.21. The van der Waals surface area contributed by atoms with Gasteiger partial charge in [-0.05, 0) is 30.3 Å². The molecule has 0 spiro atoms. The van der Waals surface area contributed by atoms with E-state index in [1.54, 1.807) is 12.1 Å². The smallest absolute Gasteiger partial charge is 0.416 e. The molecular formula is C16H10F3N3O2. The number of nitrogens with zero attached hydrogens (tertiary/aromatic N) is 3. The molecule has 0 aliphatic rings. The van der Waals surface area contributed by atoms with E-state index >= 15 is 0 Å². The maximum Gasteiger partial charge on any atom is 0.416 e. The highest BCUT2D eigenvalue weighted by molar-refractivity contribution is 5.94. The van der Waals surface area contributed by atoms with Crippen molar-refractivity contribution >= 4 is 5.97 Å².